The van der Waals surface area contributed by atoms with E-state index in [1.807, 2.05) is 18.7 Å². The third-order valence-electron chi connectivity index (χ3n) is 3.14. The van der Waals surface area contributed by atoms with Crippen LogP contribution in [0.1, 0.15) is 24.2 Å². The Kier molecular flexibility index (Phi) is 4.07. The summed E-state index contributed by atoms with van der Waals surface area (Å²) in [6.45, 7) is 5.61. The zero-order valence-corrected chi connectivity index (χ0v) is 11.2. The smallest absolute Gasteiger partial charge is 0.180 e. The molecule has 5 nitrogen and oxygen atoms in total. The van der Waals surface area contributed by atoms with Crippen molar-refractivity contribution in [1.29, 1.82) is 0 Å². The molecule has 1 fully saturated rings. The first-order valence-electron chi connectivity index (χ1n) is 6.38. The minimum atomic E-state index is -0.181. The molecule has 0 bridgehead atoms. The van der Waals surface area contributed by atoms with Gasteiger partial charge < -0.3 is 14.9 Å². The maximum absolute atomic E-state index is 12.1. The second-order valence-corrected chi connectivity index (χ2v) is 5.08. The number of ketones is 1. The third-order valence-corrected chi connectivity index (χ3v) is 3.14. The molecular weight excluding hydrogens is 246 g/mol. The Morgan fingerprint density at radius 1 is 1.32 bits per heavy atom. The fourth-order valence-corrected chi connectivity index (χ4v) is 2.46. The normalized spacial score (nSPS) is 24.3. The van der Waals surface area contributed by atoms with Crippen molar-refractivity contribution in [3.63, 3.8) is 0 Å². The van der Waals surface area contributed by atoms with E-state index in [1.165, 1.54) is 18.2 Å². The number of nitrogens with zero attached hydrogens (tertiary/aromatic N) is 1. The molecule has 0 unspecified atom stereocenters. The monoisotopic (exact) mass is 265 g/mol. The van der Waals surface area contributed by atoms with E-state index in [4.69, 9.17) is 4.74 Å². The summed E-state index contributed by atoms with van der Waals surface area (Å²) in [7, 11) is 0. The van der Waals surface area contributed by atoms with E-state index in [9.17, 15) is 15.0 Å². The average Bonchev–Trinajstić information content (AvgIpc) is 2.26. The summed E-state index contributed by atoms with van der Waals surface area (Å²) in [5.41, 5.74) is 0.240. The summed E-state index contributed by atoms with van der Waals surface area (Å²) in [6, 6.07) is 4.02. The number of hydrogen-bond donors (Lipinski definition) is 2. The average molecular weight is 265 g/mol. The zero-order chi connectivity index (χ0) is 14.0. The fourth-order valence-electron chi connectivity index (χ4n) is 2.46. The Morgan fingerprint density at radius 2 is 1.95 bits per heavy atom. The highest BCUT2D eigenvalue weighted by atomic mass is 16.5. The Bertz CT molecular complexity index is 465. The van der Waals surface area contributed by atoms with Gasteiger partial charge in [0, 0.05) is 19.2 Å². The van der Waals surface area contributed by atoms with Crippen LogP contribution in [0.25, 0.3) is 0 Å². The molecule has 0 aromatic heterocycles. The Hall–Kier alpha value is -1.59. The van der Waals surface area contributed by atoms with Gasteiger partial charge in [-0.1, -0.05) is 0 Å². The largest absolute Gasteiger partial charge is 0.508 e. The number of Topliss-reactive ketones (excluding diaryl/α,β-unsaturated/α-hetero) is 1. The van der Waals surface area contributed by atoms with E-state index in [0.717, 1.165) is 0 Å². The molecule has 2 N–H and O–H groups in total. The molecule has 2 atom stereocenters. The highest BCUT2D eigenvalue weighted by Gasteiger charge is 2.24. The lowest BCUT2D eigenvalue weighted by atomic mass is 10.1. The molecular formula is C14H19NO4. The molecule has 1 aromatic carbocycles. The lowest BCUT2D eigenvalue weighted by Gasteiger charge is -2.34. The van der Waals surface area contributed by atoms with E-state index >= 15 is 0 Å². The van der Waals surface area contributed by atoms with Gasteiger partial charge in [0.15, 0.2) is 5.78 Å². The summed E-state index contributed by atoms with van der Waals surface area (Å²) in [4.78, 5) is 14.2. The molecule has 2 rings (SSSR count). The maximum Gasteiger partial charge on any atom is 0.180 e. The molecule has 0 spiro atoms. The number of rotatable bonds is 3. The minimum Gasteiger partial charge on any atom is -0.508 e. The van der Waals surface area contributed by atoms with Crippen LogP contribution in [0.3, 0.4) is 0 Å². The maximum atomic E-state index is 12.1. The van der Waals surface area contributed by atoms with E-state index in [0.29, 0.717) is 13.1 Å². The molecule has 104 valence electrons. The number of ether oxygens (including phenoxy) is 1. The summed E-state index contributed by atoms with van der Waals surface area (Å²) in [5.74, 6) is -0.388. The first kappa shape index (κ1) is 13.8. The number of hydrogen-bond acceptors (Lipinski definition) is 5. The molecule has 1 aliphatic rings. The molecule has 0 aliphatic carbocycles. The molecule has 0 amide bonds. The number of morpholine rings is 1. The number of benzene rings is 1. The summed E-state index contributed by atoms with van der Waals surface area (Å²) in [6.07, 6.45) is 0.204. The summed E-state index contributed by atoms with van der Waals surface area (Å²) in [5, 5.41) is 18.9. The fraction of sp³-hybridized carbons (Fsp3) is 0.500. The Labute approximate surface area is 112 Å². The van der Waals surface area contributed by atoms with Crippen LogP contribution in [0.2, 0.25) is 0 Å². The van der Waals surface area contributed by atoms with Gasteiger partial charge in [-0.2, -0.15) is 0 Å². The van der Waals surface area contributed by atoms with Crippen molar-refractivity contribution in [2.24, 2.45) is 0 Å². The lowest BCUT2D eigenvalue weighted by molar-refractivity contribution is -0.0652. The molecule has 19 heavy (non-hydrogen) atoms. The Balaban J connectivity index is 2.04. The van der Waals surface area contributed by atoms with Crippen molar-refractivity contribution >= 4 is 5.78 Å². The van der Waals surface area contributed by atoms with Gasteiger partial charge in [0.2, 0.25) is 0 Å². The first-order chi connectivity index (χ1) is 8.95. The molecule has 0 saturated carbocycles. The lowest BCUT2D eigenvalue weighted by Crippen LogP contribution is -2.47. The van der Waals surface area contributed by atoms with Crippen molar-refractivity contribution < 1.29 is 19.7 Å². The quantitative estimate of drug-likeness (QED) is 0.808. The molecule has 1 saturated heterocycles. The van der Waals surface area contributed by atoms with E-state index in [1.54, 1.807) is 0 Å². The summed E-state index contributed by atoms with van der Waals surface area (Å²) >= 11 is 0. The van der Waals surface area contributed by atoms with Crippen LogP contribution < -0.4 is 0 Å². The molecule has 5 heteroatoms. The van der Waals surface area contributed by atoms with Crippen LogP contribution in [0.15, 0.2) is 18.2 Å². The van der Waals surface area contributed by atoms with E-state index in [-0.39, 0.29) is 41.6 Å². The van der Waals surface area contributed by atoms with Crippen LogP contribution in [0, 0.1) is 0 Å². The van der Waals surface area contributed by atoms with Crippen molar-refractivity contribution in [2.75, 3.05) is 19.6 Å². The van der Waals surface area contributed by atoms with Crippen LogP contribution in [-0.2, 0) is 4.74 Å². The van der Waals surface area contributed by atoms with Gasteiger partial charge in [0.1, 0.15) is 11.5 Å². The first-order valence-corrected chi connectivity index (χ1v) is 6.38. The highest BCUT2D eigenvalue weighted by molar-refractivity contribution is 6.00. The third kappa shape index (κ3) is 3.45. The van der Waals surface area contributed by atoms with Crippen molar-refractivity contribution in [1.82, 2.24) is 4.90 Å². The van der Waals surface area contributed by atoms with Crippen LogP contribution in [0.4, 0.5) is 0 Å². The van der Waals surface area contributed by atoms with Crippen molar-refractivity contribution in [2.45, 2.75) is 26.1 Å². The van der Waals surface area contributed by atoms with Gasteiger partial charge in [-0.15, -0.1) is 0 Å². The minimum absolute atomic E-state index is 0.0531. The van der Waals surface area contributed by atoms with Gasteiger partial charge in [-0.05, 0) is 26.0 Å². The standard InChI is InChI=1S/C14H19NO4/c1-9-6-15(7-10(2)19-9)8-14(18)12-4-3-11(16)5-13(12)17/h3-5,9-10,16-17H,6-8H2,1-2H3/t9-,10+. The number of phenols is 2. The van der Waals surface area contributed by atoms with E-state index in [2.05, 4.69) is 0 Å². The van der Waals surface area contributed by atoms with Crippen LogP contribution in [-0.4, -0.2) is 52.7 Å². The molecule has 1 aromatic rings. The second-order valence-electron chi connectivity index (χ2n) is 5.08. The molecule has 1 heterocycles. The van der Waals surface area contributed by atoms with E-state index < -0.39 is 0 Å². The van der Waals surface area contributed by atoms with Gasteiger partial charge in [-0.3, -0.25) is 9.69 Å². The number of carbonyl (C=O) groups is 1. The number of aromatic hydroxyl groups is 2. The SMILES string of the molecule is C[C@@H]1CN(CC(=O)c2ccc(O)cc2O)C[C@H](C)O1. The summed E-state index contributed by atoms with van der Waals surface area (Å²) < 4.78 is 5.61. The number of carbonyl (C=O) groups excluding carboxylic acids is 1. The molecule has 0 radical (unpaired) electrons. The number of phenolic OH excluding ortho intramolecular Hbond substituents is 2. The van der Waals surface area contributed by atoms with Crippen LogP contribution in [0.5, 0.6) is 11.5 Å². The highest BCUT2D eigenvalue weighted by Crippen LogP contribution is 2.23. The predicted octanol–water partition coefficient (Wildman–Crippen LogP) is 1.39. The van der Waals surface area contributed by atoms with Gasteiger partial charge in [0.25, 0.3) is 0 Å². The topological polar surface area (TPSA) is 70.0 Å². The van der Waals surface area contributed by atoms with Gasteiger partial charge in [-0.25, -0.2) is 0 Å². The predicted molar refractivity (Wildman–Crippen MR) is 70.6 cm³/mol. The van der Waals surface area contributed by atoms with Crippen molar-refractivity contribution in [3.05, 3.63) is 23.8 Å². The van der Waals surface area contributed by atoms with Crippen LogP contribution >= 0.6 is 0 Å². The van der Waals surface area contributed by atoms with Gasteiger partial charge in [0.05, 0.1) is 24.3 Å². The van der Waals surface area contributed by atoms with Crippen molar-refractivity contribution in [3.8, 4) is 11.5 Å². The van der Waals surface area contributed by atoms with Gasteiger partial charge >= 0.3 is 0 Å². The molecule has 1 aliphatic heterocycles. The zero-order valence-electron chi connectivity index (χ0n) is 11.2. The Morgan fingerprint density at radius 3 is 2.53 bits per heavy atom. The second kappa shape index (κ2) is 5.59.